The predicted octanol–water partition coefficient (Wildman–Crippen LogP) is 2.17. The minimum Gasteiger partial charge on any atom is -0.370 e. The van der Waals surface area contributed by atoms with E-state index in [1.54, 1.807) is 0 Å². The van der Waals surface area contributed by atoms with Crippen molar-refractivity contribution in [1.29, 1.82) is 0 Å². The third-order valence-electron chi connectivity index (χ3n) is 2.65. The fourth-order valence-electron chi connectivity index (χ4n) is 1.90. The van der Waals surface area contributed by atoms with E-state index in [0.717, 1.165) is 31.6 Å². The van der Waals surface area contributed by atoms with Crippen LogP contribution in [0.4, 0.5) is 10.1 Å². The molecule has 0 spiro atoms. The average molecular weight is 231 g/mol. The van der Waals surface area contributed by atoms with Crippen LogP contribution in [-0.4, -0.2) is 19.1 Å². The highest BCUT2D eigenvalue weighted by Gasteiger charge is 2.16. The summed E-state index contributed by atoms with van der Waals surface area (Å²) in [6, 6.07) is 6.87. The van der Waals surface area contributed by atoms with Gasteiger partial charge >= 0.3 is 0 Å². The lowest BCUT2D eigenvalue weighted by atomic mass is 10.1. The lowest BCUT2D eigenvalue weighted by Gasteiger charge is -2.32. The van der Waals surface area contributed by atoms with Crippen LogP contribution in [0.2, 0.25) is 0 Å². The third-order valence-corrected chi connectivity index (χ3v) is 2.65. The molecule has 2 N–H and O–H groups in total. The first-order chi connectivity index (χ1) is 6.75. The summed E-state index contributed by atoms with van der Waals surface area (Å²) in [5.74, 6) is -0.185. The monoisotopic (exact) mass is 230 g/mol. The molecule has 1 heterocycles. The SMILES string of the molecule is Cl.N[C@@H]1CCCN(c2ccc(F)cc2)C1. The number of halogens is 2. The van der Waals surface area contributed by atoms with Crippen molar-refractivity contribution in [2.24, 2.45) is 5.73 Å². The molecular weight excluding hydrogens is 215 g/mol. The Balaban J connectivity index is 0.00000112. The van der Waals surface area contributed by atoms with Crippen LogP contribution in [0.5, 0.6) is 0 Å². The number of rotatable bonds is 1. The Hall–Kier alpha value is -0.800. The van der Waals surface area contributed by atoms with Crippen LogP contribution in [0, 0.1) is 5.82 Å². The number of hydrogen-bond donors (Lipinski definition) is 1. The van der Waals surface area contributed by atoms with Crippen LogP contribution in [0.25, 0.3) is 0 Å². The lowest BCUT2D eigenvalue weighted by molar-refractivity contribution is 0.506. The number of benzene rings is 1. The van der Waals surface area contributed by atoms with Crippen molar-refractivity contribution in [3.63, 3.8) is 0 Å². The van der Waals surface area contributed by atoms with E-state index < -0.39 is 0 Å². The van der Waals surface area contributed by atoms with Gasteiger partial charge in [-0.2, -0.15) is 0 Å². The second-order valence-electron chi connectivity index (χ2n) is 3.82. The molecule has 0 bridgehead atoms. The van der Waals surface area contributed by atoms with Gasteiger partial charge in [-0.25, -0.2) is 4.39 Å². The summed E-state index contributed by atoms with van der Waals surface area (Å²) in [6.45, 7) is 1.91. The van der Waals surface area contributed by atoms with E-state index in [2.05, 4.69) is 4.90 Å². The first kappa shape index (κ1) is 12.3. The zero-order valence-electron chi connectivity index (χ0n) is 8.53. The Kier molecular flexibility index (Phi) is 4.36. The molecule has 1 aliphatic rings. The van der Waals surface area contributed by atoms with Crippen molar-refractivity contribution in [3.05, 3.63) is 30.1 Å². The van der Waals surface area contributed by atoms with E-state index in [1.807, 2.05) is 12.1 Å². The van der Waals surface area contributed by atoms with Crippen LogP contribution in [0.15, 0.2) is 24.3 Å². The minimum atomic E-state index is -0.185. The molecule has 1 saturated heterocycles. The van der Waals surface area contributed by atoms with Crippen molar-refractivity contribution in [3.8, 4) is 0 Å². The number of nitrogens with zero attached hydrogens (tertiary/aromatic N) is 1. The van der Waals surface area contributed by atoms with Crippen molar-refractivity contribution in [2.45, 2.75) is 18.9 Å². The third kappa shape index (κ3) is 3.08. The molecule has 0 aliphatic carbocycles. The van der Waals surface area contributed by atoms with Gasteiger partial charge in [0.25, 0.3) is 0 Å². The second-order valence-corrected chi connectivity index (χ2v) is 3.82. The Bertz CT molecular complexity index is 302. The van der Waals surface area contributed by atoms with E-state index in [4.69, 9.17) is 5.73 Å². The Morgan fingerprint density at radius 2 is 1.93 bits per heavy atom. The molecule has 1 aromatic carbocycles. The van der Waals surface area contributed by atoms with E-state index in [1.165, 1.54) is 12.1 Å². The van der Waals surface area contributed by atoms with Crippen molar-refractivity contribution in [2.75, 3.05) is 18.0 Å². The highest BCUT2D eigenvalue weighted by atomic mass is 35.5. The van der Waals surface area contributed by atoms with Crippen molar-refractivity contribution in [1.82, 2.24) is 0 Å². The van der Waals surface area contributed by atoms with Gasteiger partial charge in [-0.1, -0.05) is 0 Å². The first-order valence-electron chi connectivity index (χ1n) is 5.02. The molecule has 1 aromatic rings. The van der Waals surface area contributed by atoms with Gasteiger partial charge in [-0.05, 0) is 37.1 Å². The van der Waals surface area contributed by atoms with E-state index in [9.17, 15) is 4.39 Å². The molecule has 84 valence electrons. The maximum atomic E-state index is 12.7. The van der Waals surface area contributed by atoms with Crippen molar-refractivity contribution < 1.29 is 4.39 Å². The molecule has 1 atom stereocenters. The number of anilines is 1. The second kappa shape index (κ2) is 5.33. The summed E-state index contributed by atoms with van der Waals surface area (Å²) in [7, 11) is 0. The highest BCUT2D eigenvalue weighted by molar-refractivity contribution is 5.85. The fourth-order valence-corrected chi connectivity index (χ4v) is 1.90. The predicted molar refractivity (Wildman–Crippen MR) is 63.1 cm³/mol. The summed E-state index contributed by atoms with van der Waals surface area (Å²) in [5.41, 5.74) is 6.95. The van der Waals surface area contributed by atoms with Crippen LogP contribution < -0.4 is 10.6 Å². The highest BCUT2D eigenvalue weighted by Crippen LogP contribution is 2.19. The van der Waals surface area contributed by atoms with Gasteiger partial charge in [0.05, 0.1) is 0 Å². The minimum absolute atomic E-state index is 0. The maximum absolute atomic E-state index is 12.7. The number of nitrogens with two attached hydrogens (primary N) is 1. The zero-order chi connectivity index (χ0) is 9.97. The normalized spacial score (nSPS) is 20.9. The summed E-state index contributed by atoms with van der Waals surface area (Å²) in [4.78, 5) is 2.22. The zero-order valence-corrected chi connectivity index (χ0v) is 9.34. The molecule has 0 unspecified atom stereocenters. The smallest absolute Gasteiger partial charge is 0.123 e. The lowest BCUT2D eigenvalue weighted by Crippen LogP contribution is -2.42. The standard InChI is InChI=1S/C11H15FN2.ClH/c12-9-3-5-11(6-4-9)14-7-1-2-10(13)8-14;/h3-6,10H,1-2,7-8,13H2;1H/t10-;/m1./s1. The van der Waals surface area contributed by atoms with E-state index >= 15 is 0 Å². The largest absolute Gasteiger partial charge is 0.370 e. The summed E-state index contributed by atoms with van der Waals surface area (Å²) < 4.78 is 12.7. The molecule has 2 rings (SSSR count). The Morgan fingerprint density at radius 1 is 1.27 bits per heavy atom. The molecular formula is C11H16ClFN2. The van der Waals surface area contributed by atoms with Gasteiger partial charge in [-0.15, -0.1) is 12.4 Å². The van der Waals surface area contributed by atoms with Crippen LogP contribution in [0.3, 0.4) is 0 Å². The quantitative estimate of drug-likeness (QED) is 0.801. The summed E-state index contributed by atoms with van der Waals surface area (Å²) in [6.07, 6.45) is 2.22. The van der Waals surface area contributed by atoms with Gasteiger partial charge in [-0.3, -0.25) is 0 Å². The topological polar surface area (TPSA) is 29.3 Å². The molecule has 1 fully saturated rings. The molecule has 15 heavy (non-hydrogen) atoms. The molecule has 4 heteroatoms. The Morgan fingerprint density at radius 3 is 2.53 bits per heavy atom. The average Bonchev–Trinajstić information content (AvgIpc) is 2.19. The fraction of sp³-hybridized carbons (Fsp3) is 0.455. The van der Waals surface area contributed by atoms with Gasteiger partial charge in [0.2, 0.25) is 0 Å². The molecule has 2 nitrogen and oxygen atoms in total. The van der Waals surface area contributed by atoms with Gasteiger partial charge in [0.15, 0.2) is 0 Å². The maximum Gasteiger partial charge on any atom is 0.123 e. The van der Waals surface area contributed by atoms with E-state index in [0.29, 0.717) is 0 Å². The van der Waals surface area contributed by atoms with Crippen LogP contribution >= 0.6 is 12.4 Å². The van der Waals surface area contributed by atoms with Gasteiger partial charge in [0, 0.05) is 24.8 Å². The molecule has 1 aliphatic heterocycles. The molecule has 0 saturated carbocycles. The van der Waals surface area contributed by atoms with E-state index in [-0.39, 0.29) is 24.3 Å². The van der Waals surface area contributed by atoms with Crippen molar-refractivity contribution >= 4 is 18.1 Å². The summed E-state index contributed by atoms with van der Waals surface area (Å²) >= 11 is 0. The number of hydrogen-bond acceptors (Lipinski definition) is 2. The first-order valence-corrected chi connectivity index (χ1v) is 5.02. The van der Waals surface area contributed by atoms with Gasteiger partial charge < -0.3 is 10.6 Å². The molecule has 0 amide bonds. The van der Waals surface area contributed by atoms with Crippen LogP contribution in [0.1, 0.15) is 12.8 Å². The molecule has 0 aromatic heterocycles. The molecule has 0 radical (unpaired) electrons. The summed E-state index contributed by atoms with van der Waals surface area (Å²) in [5, 5.41) is 0. The van der Waals surface area contributed by atoms with Crippen LogP contribution in [-0.2, 0) is 0 Å². The number of piperidine rings is 1. The Labute approximate surface area is 95.7 Å². The van der Waals surface area contributed by atoms with Gasteiger partial charge in [0.1, 0.15) is 5.82 Å².